The zero-order valence-corrected chi connectivity index (χ0v) is 16.9. The number of ether oxygens (including phenoxy) is 1. The molecule has 2 heterocycles. The van der Waals surface area contributed by atoms with Crippen LogP contribution in [-0.2, 0) is 21.2 Å². The van der Waals surface area contributed by atoms with Crippen molar-refractivity contribution in [3.63, 3.8) is 0 Å². The molecule has 0 saturated carbocycles. The van der Waals surface area contributed by atoms with Crippen LogP contribution >= 0.6 is 22.7 Å². The summed E-state index contributed by atoms with van der Waals surface area (Å²) in [5, 5.41) is 2.99. The lowest BCUT2D eigenvalue weighted by atomic mass is 10.3. The first-order valence-electron chi connectivity index (χ1n) is 7.69. The first kappa shape index (κ1) is 20.5. The molecule has 0 aromatic carbocycles. The van der Waals surface area contributed by atoms with E-state index < -0.39 is 16.0 Å². The Bertz CT molecular complexity index is 902. The molecule has 0 radical (unpaired) electrons. The smallest absolute Gasteiger partial charge is 0.350 e. The molecule has 26 heavy (non-hydrogen) atoms. The molecule has 0 fully saturated rings. The van der Waals surface area contributed by atoms with E-state index in [1.807, 2.05) is 0 Å². The van der Waals surface area contributed by atoms with Crippen LogP contribution in [-0.4, -0.2) is 44.7 Å². The SMILES string of the molecule is CCOC(=O)c1sc(NC(=O)c2ccc(CCNS(C)(=O)=O)s2)nc1C. The van der Waals surface area contributed by atoms with Gasteiger partial charge in [-0.15, -0.1) is 11.3 Å². The largest absolute Gasteiger partial charge is 0.462 e. The van der Waals surface area contributed by atoms with Gasteiger partial charge in [-0.3, -0.25) is 10.1 Å². The molecule has 2 N–H and O–H groups in total. The second kappa shape index (κ2) is 8.71. The molecule has 11 heteroatoms. The molecule has 0 aliphatic heterocycles. The Balaban J connectivity index is 1.98. The van der Waals surface area contributed by atoms with Gasteiger partial charge >= 0.3 is 5.97 Å². The third kappa shape index (κ3) is 5.87. The monoisotopic (exact) mass is 417 g/mol. The summed E-state index contributed by atoms with van der Waals surface area (Å²) in [5.74, 6) is -0.790. The predicted octanol–water partition coefficient (Wildman–Crippen LogP) is 2.03. The average molecular weight is 418 g/mol. The first-order chi connectivity index (χ1) is 12.2. The van der Waals surface area contributed by atoms with Crippen molar-refractivity contribution in [1.82, 2.24) is 9.71 Å². The number of thiophene rings is 1. The van der Waals surface area contributed by atoms with Crippen molar-refractivity contribution < 1.29 is 22.7 Å². The minimum Gasteiger partial charge on any atom is -0.462 e. The number of carbonyl (C=O) groups excluding carboxylic acids is 2. The van der Waals surface area contributed by atoms with Crippen LogP contribution in [0.3, 0.4) is 0 Å². The number of sulfonamides is 1. The number of esters is 1. The number of hydrogen-bond acceptors (Lipinski definition) is 8. The summed E-state index contributed by atoms with van der Waals surface area (Å²) in [6.07, 6.45) is 1.59. The van der Waals surface area contributed by atoms with Gasteiger partial charge in [-0.2, -0.15) is 0 Å². The summed E-state index contributed by atoms with van der Waals surface area (Å²) < 4.78 is 29.4. The van der Waals surface area contributed by atoms with Crippen LogP contribution in [0.15, 0.2) is 12.1 Å². The summed E-state index contributed by atoms with van der Waals surface area (Å²) in [6, 6.07) is 3.45. The van der Waals surface area contributed by atoms with Gasteiger partial charge in [0, 0.05) is 11.4 Å². The molecule has 0 unspecified atom stereocenters. The zero-order valence-electron chi connectivity index (χ0n) is 14.5. The summed E-state index contributed by atoms with van der Waals surface area (Å²) in [7, 11) is -3.23. The normalized spacial score (nSPS) is 11.3. The van der Waals surface area contributed by atoms with Crippen LogP contribution in [0.1, 0.15) is 36.8 Å². The second-order valence-electron chi connectivity index (χ2n) is 5.29. The van der Waals surface area contributed by atoms with E-state index >= 15 is 0 Å². The van der Waals surface area contributed by atoms with Crippen LogP contribution in [0.2, 0.25) is 0 Å². The van der Waals surface area contributed by atoms with E-state index in [1.165, 1.54) is 11.3 Å². The van der Waals surface area contributed by atoms with Crippen molar-refractivity contribution in [2.24, 2.45) is 0 Å². The number of aryl methyl sites for hydroxylation is 1. The van der Waals surface area contributed by atoms with E-state index in [0.29, 0.717) is 27.0 Å². The van der Waals surface area contributed by atoms with Crippen molar-refractivity contribution in [3.8, 4) is 0 Å². The van der Waals surface area contributed by atoms with Gasteiger partial charge in [0.25, 0.3) is 5.91 Å². The topological polar surface area (TPSA) is 114 Å². The molecule has 2 rings (SSSR count). The van der Waals surface area contributed by atoms with Gasteiger partial charge in [-0.25, -0.2) is 22.9 Å². The van der Waals surface area contributed by atoms with Crippen molar-refractivity contribution in [1.29, 1.82) is 0 Å². The van der Waals surface area contributed by atoms with Crippen molar-refractivity contribution in [2.75, 3.05) is 24.7 Å². The third-order valence-electron chi connectivity index (χ3n) is 3.10. The second-order valence-corrected chi connectivity index (χ2v) is 9.29. The Kier molecular flexibility index (Phi) is 6.87. The fraction of sp³-hybridized carbons (Fsp3) is 0.400. The van der Waals surface area contributed by atoms with Crippen molar-refractivity contribution in [2.45, 2.75) is 20.3 Å². The molecular formula is C15H19N3O5S3. The Hall–Kier alpha value is -1.82. The fourth-order valence-electron chi connectivity index (χ4n) is 1.99. The molecule has 1 amide bonds. The maximum atomic E-state index is 12.3. The summed E-state index contributed by atoms with van der Waals surface area (Å²) in [4.78, 5) is 30.0. The van der Waals surface area contributed by atoms with E-state index in [0.717, 1.165) is 22.5 Å². The van der Waals surface area contributed by atoms with E-state index in [9.17, 15) is 18.0 Å². The number of carbonyl (C=O) groups is 2. The molecule has 0 spiro atoms. The molecule has 0 aliphatic rings. The Morgan fingerprint density at radius 3 is 2.65 bits per heavy atom. The van der Waals surface area contributed by atoms with Crippen molar-refractivity contribution >= 4 is 49.7 Å². The number of aromatic nitrogens is 1. The van der Waals surface area contributed by atoms with Crippen LogP contribution in [0, 0.1) is 6.92 Å². The lowest BCUT2D eigenvalue weighted by Crippen LogP contribution is -2.24. The highest BCUT2D eigenvalue weighted by Gasteiger charge is 2.18. The van der Waals surface area contributed by atoms with Crippen molar-refractivity contribution in [3.05, 3.63) is 32.5 Å². The zero-order chi connectivity index (χ0) is 19.3. The van der Waals surface area contributed by atoms with Gasteiger partial charge in [0.1, 0.15) is 4.88 Å². The number of rotatable bonds is 8. The standard InChI is InChI=1S/C15H19N3O5S3/c1-4-23-14(20)12-9(2)17-15(25-12)18-13(19)11-6-5-10(24-11)7-8-16-26(3,21)22/h5-6,16H,4,7-8H2,1-3H3,(H,17,18,19). The van der Waals surface area contributed by atoms with Crippen LogP contribution in [0.4, 0.5) is 5.13 Å². The maximum Gasteiger partial charge on any atom is 0.350 e. The molecule has 2 aromatic rings. The first-order valence-corrected chi connectivity index (χ1v) is 11.2. The molecule has 0 atom stereocenters. The quantitative estimate of drug-likeness (QED) is 0.635. The number of hydrogen-bond donors (Lipinski definition) is 2. The third-order valence-corrected chi connectivity index (χ3v) is 6.02. The van der Waals surface area contributed by atoms with Gasteiger partial charge in [0.15, 0.2) is 5.13 Å². The average Bonchev–Trinajstić information content (AvgIpc) is 3.13. The van der Waals surface area contributed by atoms with Gasteiger partial charge in [-0.1, -0.05) is 11.3 Å². The van der Waals surface area contributed by atoms with Gasteiger partial charge in [0.2, 0.25) is 10.0 Å². The van der Waals surface area contributed by atoms with E-state index in [1.54, 1.807) is 26.0 Å². The lowest BCUT2D eigenvalue weighted by molar-refractivity contribution is 0.0531. The van der Waals surface area contributed by atoms with E-state index in [-0.39, 0.29) is 19.1 Å². The van der Waals surface area contributed by atoms with Gasteiger partial charge in [-0.05, 0) is 32.4 Å². The number of anilines is 1. The van der Waals surface area contributed by atoms with Crippen LogP contribution in [0.25, 0.3) is 0 Å². The van der Waals surface area contributed by atoms with Gasteiger partial charge < -0.3 is 4.74 Å². The number of nitrogens with one attached hydrogen (secondary N) is 2. The Morgan fingerprint density at radius 1 is 1.27 bits per heavy atom. The predicted molar refractivity (Wildman–Crippen MR) is 102 cm³/mol. The highest BCUT2D eigenvalue weighted by molar-refractivity contribution is 7.88. The number of nitrogens with zero attached hydrogens (tertiary/aromatic N) is 1. The molecule has 0 bridgehead atoms. The molecule has 142 valence electrons. The minimum atomic E-state index is -3.23. The lowest BCUT2D eigenvalue weighted by Gasteiger charge is -2.00. The minimum absolute atomic E-state index is 0.268. The van der Waals surface area contributed by atoms with E-state index in [4.69, 9.17) is 4.74 Å². The molecular weight excluding hydrogens is 398 g/mol. The molecule has 0 saturated heterocycles. The van der Waals surface area contributed by atoms with Crippen LogP contribution in [0.5, 0.6) is 0 Å². The molecule has 2 aromatic heterocycles. The van der Waals surface area contributed by atoms with E-state index in [2.05, 4.69) is 15.0 Å². The summed E-state index contributed by atoms with van der Waals surface area (Å²) >= 11 is 2.34. The number of thiazole rings is 1. The summed E-state index contributed by atoms with van der Waals surface area (Å²) in [6.45, 7) is 3.94. The fourth-order valence-corrected chi connectivity index (χ4v) is 4.22. The highest BCUT2D eigenvalue weighted by atomic mass is 32.2. The molecule has 0 aliphatic carbocycles. The summed E-state index contributed by atoms with van der Waals surface area (Å²) in [5.41, 5.74) is 0.502. The maximum absolute atomic E-state index is 12.3. The van der Waals surface area contributed by atoms with Crippen LogP contribution < -0.4 is 10.0 Å². The Labute approximate surface area is 159 Å². The Morgan fingerprint density at radius 2 is 2.00 bits per heavy atom. The number of amides is 1. The van der Waals surface area contributed by atoms with Gasteiger partial charge in [0.05, 0.1) is 23.4 Å². The molecule has 8 nitrogen and oxygen atoms in total. The highest BCUT2D eigenvalue weighted by Crippen LogP contribution is 2.25.